The topological polar surface area (TPSA) is 127 Å². The highest BCUT2D eigenvalue weighted by atomic mass is 32.3. The molecule has 0 unspecified atom stereocenters. The molecule has 126 valence electrons. The van der Waals surface area contributed by atoms with Crippen molar-refractivity contribution in [1.29, 1.82) is 0 Å². The molecule has 0 amide bonds. The Labute approximate surface area is 137 Å². The van der Waals surface area contributed by atoms with Gasteiger partial charge in [0.1, 0.15) is 0 Å². The van der Waals surface area contributed by atoms with Crippen LogP contribution in [-0.4, -0.2) is 25.9 Å². The van der Waals surface area contributed by atoms with Crippen LogP contribution in [0.5, 0.6) is 11.5 Å². The van der Waals surface area contributed by atoms with Crippen LogP contribution in [-0.2, 0) is 20.8 Å². The normalized spacial score (nSPS) is 12.4. The molecule has 0 heterocycles. The van der Waals surface area contributed by atoms with Gasteiger partial charge in [-0.05, 0) is 22.2 Å². The Morgan fingerprint density at radius 2 is 1.29 bits per heavy atom. The zero-order chi connectivity index (χ0) is 17.5. The summed E-state index contributed by atoms with van der Waals surface area (Å²) in [6.07, 6.45) is 0. The number of hydrogen-bond donors (Lipinski definition) is 2. The van der Waals surface area contributed by atoms with E-state index in [4.69, 9.17) is 9.11 Å². The summed E-state index contributed by atoms with van der Waals surface area (Å²) in [5.74, 6) is -1.14. The Hall–Kier alpha value is -2.40. The van der Waals surface area contributed by atoms with Crippen molar-refractivity contribution in [2.45, 2.75) is 0 Å². The van der Waals surface area contributed by atoms with Crippen LogP contribution >= 0.6 is 0 Å². The van der Waals surface area contributed by atoms with Gasteiger partial charge in [0.05, 0.1) is 0 Å². The van der Waals surface area contributed by atoms with Gasteiger partial charge in [0.2, 0.25) is 0 Å². The van der Waals surface area contributed by atoms with Crippen molar-refractivity contribution in [1.82, 2.24) is 0 Å². The van der Waals surface area contributed by atoms with Crippen molar-refractivity contribution in [3.05, 3.63) is 48.5 Å². The average Bonchev–Trinajstić information content (AvgIpc) is 2.46. The predicted octanol–water partition coefficient (Wildman–Crippen LogP) is 2.36. The predicted molar refractivity (Wildman–Crippen MR) is 85.8 cm³/mol. The molecule has 0 bridgehead atoms. The highest BCUT2D eigenvalue weighted by Gasteiger charge is 2.21. The minimum absolute atomic E-state index is 0.201. The zero-order valence-electron chi connectivity index (χ0n) is 11.8. The molecule has 0 aliphatic rings. The van der Waals surface area contributed by atoms with Crippen molar-refractivity contribution in [2.24, 2.45) is 0 Å². The minimum Gasteiger partial charge on any atom is -0.358 e. The summed E-state index contributed by atoms with van der Waals surface area (Å²) in [6.45, 7) is 0. The molecule has 0 saturated heterocycles. The zero-order valence-corrected chi connectivity index (χ0v) is 13.4. The summed E-state index contributed by atoms with van der Waals surface area (Å²) in [6, 6.07) is 12.9. The lowest BCUT2D eigenvalue weighted by Crippen LogP contribution is -2.11. The van der Waals surface area contributed by atoms with Gasteiger partial charge in [0, 0.05) is 5.39 Å². The van der Waals surface area contributed by atoms with Crippen molar-refractivity contribution >= 4 is 42.3 Å². The second-order valence-electron chi connectivity index (χ2n) is 4.80. The van der Waals surface area contributed by atoms with Gasteiger partial charge in [-0.2, -0.15) is 16.8 Å². The molecular weight excluding hydrogens is 360 g/mol. The van der Waals surface area contributed by atoms with E-state index in [9.17, 15) is 16.8 Å². The van der Waals surface area contributed by atoms with Crippen LogP contribution in [0.15, 0.2) is 48.5 Å². The lowest BCUT2D eigenvalue weighted by molar-refractivity contribution is 0.363. The number of hydrogen-bond acceptors (Lipinski definition) is 6. The molecule has 0 fully saturated rings. The van der Waals surface area contributed by atoms with Crippen LogP contribution in [0, 0.1) is 0 Å². The van der Waals surface area contributed by atoms with E-state index in [1.165, 1.54) is 6.07 Å². The van der Waals surface area contributed by atoms with Crippen molar-refractivity contribution in [2.75, 3.05) is 0 Å². The third kappa shape index (κ3) is 3.41. The fraction of sp³-hybridized carbons (Fsp3) is 0. The Balaban J connectivity index is 2.44. The van der Waals surface area contributed by atoms with E-state index in [1.807, 2.05) is 0 Å². The third-order valence-corrected chi connectivity index (χ3v) is 3.98. The van der Waals surface area contributed by atoms with E-state index in [-0.39, 0.29) is 5.39 Å². The van der Waals surface area contributed by atoms with Crippen LogP contribution in [0.25, 0.3) is 21.5 Å². The smallest absolute Gasteiger partial charge is 0.358 e. The van der Waals surface area contributed by atoms with E-state index in [0.717, 1.165) is 6.07 Å². The monoisotopic (exact) mass is 370 g/mol. The lowest BCUT2D eigenvalue weighted by atomic mass is 10.0. The molecule has 3 rings (SSSR count). The van der Waals surface area contributed by atoms with Gasteiger partial charge in [-0.1, -0.05) is 42.5 Å². The van der Waals surface area contributed by atoms with E-state index in [1.54, 1.807) is 36.4 Å². The first-order chi connectivity index (χ1) is 11.1. The molecule has 0 atom stereocenters. The van der Waals surface area contributed by atoms with Gasteiger partial charge in [-0.25, -0.2) is 0 Å². The van der Waals surface area contributed by atoms with Crippen molar-refractivity contribution in [3.63, 3.8) is 0 Å². The molecule has 0 radical (unpaired) electrons. The highest BCUT2D eigenvalue weighted by Crippen LogP contribution is 2.41. The quantitative estimate of drug-likeness (QED) is 0.529. The van der Waals surface area contributed by atoms with Crippen molar-refractivity contribution < 1.29 is 34.3 Å². The van der Waals surface area contributed by atoms with Gasteiger partial charge in [-0.3, -0.25) is 9.11 Å². The van der Waals surface area contributed by atoms with E-state index >= 15 is 0 Å². The maximum atomic E-state index is 11.2. The second-order valence-corrected chi connectivity index (χ2v) is 6.84. The van der Waals surface area contributed by atoms with Gasteiger partial charge in [0.25, 0.3) is 0 Å². The molecule has 0 aromatic heterocycles. The largest absolute Gasteiger partial charge is 0.446 e. The molecule has 0 saturated carbocycles. The summed E-state index contributed by atoms with van der Waals surface area (Å²) in [5.41, 5.74) is 0. The Kier molecular flexibility index (Phi) is 3.84. The summed E-state index contributed by atoms with van der Waals surface area (Å²) < 4.78 is 71.1. The fourth-order valence-corrected chi connectivity index (χ4v) is 3.15. The molecule has 0 aliphatic carbocycles. The van der Waals surface area contributed by atoms with Gasteiger partial charge < -0.3 is 8.37 Å². The van der Waals surface area contributed by atoms with Gasteiger partial charge in [-0.15, -0.1) is 0 Å². The van der Waals surface area contributed by atoms with Crippen molar-refractivity contribution in [3.8, 4) is 11.5 Å². The highest BCUT2D eigenvalue weighted by molar-refractivity contribution is 7.81. The lowest BCUT2D eigenvalue weighted by Gasteiger charge is -2.13. The summed E-state index contributed by atoms with van der Waals surface area (Å²) in [4.78, 5) is 0. The fourth-order valence-electron chi connectivity index (χ4n) is 2.41. The molecule has 3 aromatic carbocycles. The molecule has 10 heteroatoms. The van der Waals surface area contributed by atoms with E-state index in [0.29, 0.717) is 16.2 Å². The first-order valence-electron chi connectivity index (χ1n) is 6.42. The van der Waals surface area contributed by atoms with Crippen LogP contribution in [0.1, 0.15) is 0 Å². The first-order valence-corrected chi connectivity index (χ1v) is 9.15. The maximum Gasteiger partial charge on any atom is 0.446 e. The van der Waals surface area contributed by atoms with E-state index < -0.39 is 32.3 Å². The first kappa shape index (κ1) is 16.5. The molecule has 3 aromatic rings. The molecule has 0 aliphatic heterocycles. The minimum atomic E-state index is -4.97. The average molecular weight is 370 g/mol. The third-order valence-electron chi connectivity index (χ3n) is 3.21. The molecule has 24 heavy (non-hydrogen) atoms. The van der Waals surface area contributed by atoms with Gasteiger partial charge in [0.15, 0.2) is 11.5 Å². The Bertz CT molecular complexity index is 1150. The summed E-state index contributed by atoms with van der Waals surface area (Å²) in [5, 5.41) is 1.96. The maximum absolute atomic E-state index is 11.2. The molecule has 0 spiro atoms. The Morgan fingerprint density at radius 3 is 1.96 bits per heavy atom. The SMILES string of the molecule is O=S(=O)(O)Oc1ccc2ccc3ccccc3c2c1OS(=O)(=O)O. The van der Waals surface area contributed by atoms with E-state index in [2.05, 4.69) is 8.37 Å². The standard InChI is InChI=1S/C14H10O8S2/c15-23(16,17)21-12-8-7-10-6-5-9-3-1-2-4-11(9)13(10)14(12)22-24(18,19)20/h1-8H,(H,15,16,17)(H,18,19,20). The van der Waals surface area contributed by atoms with Crippen LogP contribution in [0.2, 0.25) is 0 Å². The molecule has 2 N–H and O–H groups in total. The number of rotatable bonds is 4. The number of fused-ring (bicyclic) bond motifs is 3. The second kappa shape index (κ2) is 5.60. The van der Waals surface area contributed by atoms with Gasteiger partial charge >= 0.3 is 20.8 Å². The van der Waals surface area contributed by atoms with Crippen LogP contribution < -0.4 is 8.37 Å². The molecule has 8 nitrogen and oxygen atoms in total. The van der Waals surface area contributed by atoms with Crippen LogP contribution in [0.3, 0.4) is 0 Å². The number of benzene rings is 3. The van der Waals surface area contributed by atoms with Crippen LogP contribution in [0.4, 0.5) is 0 Å². The molecular formula is C14H10O8S2. The summed E-state index contributed by atoms with van der Waals surface area (Å²) in [7, 11) is -9.91. The summed E-state index contributed by atoms with van der Waals surface area (Å²) >= 11 is 0. The Morgan fingerprint density at radius 1 is 0.708 bits per heavy atom.